The molecule has 0 saturated heterocycles. The van der Waals surface area contributed by atoms with Crippen molar-refractivity contribution in [1.29, 1.82) is 0 Å². The Morgan fingerprint density at radius 3 is 2.92 bits per heavy atom. The van der Waals surface area contributed by atoms with Crippen LogP contribution in [0.1, 0.15) is 50.9 Å². The molecular formula is C10H17N3. The quantitative estimate of drug-likeness (QED) is 0.663. The van der Waals surface area contributed by atoms with Crippen LogP contribution in [0.5, 0.6) is 0 Å². The molecule has 1 aliphatic carbocycles. The Labute approximate surface area is 78.9 Å². The summed E-state index contributed by atoms with van der Waals surface area (Å²) in [6.45, 7) is 4.53. The zero-order valence-electron chi connectivity index (χ0n) is 8.43. The van der Waals surface area contributed by atoms with Gasteiger partial charge in [0.25, 0.3) is 0 Å². The van der Waals surface area contributed by atoms with Crippen LogP contribution in [-0.4, -0.2) is 15.4 Å². The number of aromatic amines is 1. The van der Waals surface area contributed by atoms with Crippen molar-refractivity contribution in [3.05, 3.63) is 11.4 Å². The molecule has 0 saturated carbocycles. The van der Waals surface area contributed by atoms with Gasteiger partial charge in [0.15, 0.2) is 0 Å². The average molecular weight is 179 g/mol. The minimum absolute atomic E-state index is 0.211. The molecular weight excluding hydrogens is 162 g/mol. The van der Waals surface area contributed by atoms with Crippen LogP contribution in [0.15, 0.2) is 0 Å². The number of rotatable bonds is 0. The van der Waals surface area contributed by atoms with Gasteiger partial charge in [-0.3, -0.25) is 5.10 Å². The molecule has 1 N–H and O–H groups in total. The van der Waals surface area contributed by atoms with Gasteiger partial charge in [0.2, 0.25) is 0 Å². The second kappa shape index (κ2) is 3.13. The predicted molar refractivity (Wildman–Crippen MR) is 51.6 cm³/mol. The minimum atomic E-state index is 0.211. The van der Waals surface area contributed by atoms with E-state index in [4.69, 9.17) is 0 Å². The Hall–Kier alpha value is -0.860. The minimum Gasteiger partial charge on any atom is -0.262 e. The molecule has 3 heteroatoms. The van der Waals surface area contributed by atoms with Crippen molar-refractivity contribution >= 4 is 0 Å². The average Bonchev–Trinajstić information content (AvgIpc) is 2.49. The van der Waals surface area contributed by atoms with E-state index in [0.717, 1.165) is 6.42 Å². The number of nitrogens with one attached hydrogen (secondary N) is 1. The smallest absolute Gasteiger partial charge is 0.0912 e. The Balaban J connectivity index is 2.36. The molecule has 1 aliphatic rings. The van der Waals surface area contributed by atoms with Crippen molar-refractivity contribution < 1.29 is 0 Å². The highest BCUT2D eigenvalue weighted by atomic mass is 15.3. The van der Waals surface area contributed by atoms with Crippen LogP contribution in [0.2, 0.25) is 0 Å². The van der Waals surface area contributed by atoms with Gasteiger partial charge in [-0.25, -0.2) is 0 Å². The second-order valence-corrected chi connectivity index (χ2v) is 4.58. The van der Waals surface area contributed by atoms with E-state index in [-0.39, 0.29) is 5.41 Å². The lowest BCUT2D eigenvalue weighted by Crippen LogP contribution is -2.21. The molecule has 72 valence electrons. The van der Waals surface area contributed by atoms with Crippen LogP contribution < -0.4 is 0 Å². The maximum Gasteiger partial charge on any atom is 0.0912 e. The highest BCUT2D eigenvalue weighted by molar-refractivity contribution is 5.19. The third-order valence-corrected chi connectivity index (χ3v) is 2.99. The lowest BCUT2D eigenvalue weighted by Gasteiger charge is -2.25. The van der Waals surface area contributed by atoms with E-state index in [9.17, 15) is 0 Å². The number of hydrogen-bond donors (Lipinski definition) is 1. The van der Waals surface area contributed by atoms with Gasteiger partial charge in [0.1, 0.15) is 0 Å². The Kier molecular flexibility index (Phi) is 2.10. The van der Waals surface area contributed by atoms with E-state index >= 15 is 0 Å². The molecule has 1 aromatic rings. The predicted octanol–water partition coefficient (Wildman–Crippen LogP) is 2.20. The number of aromatic nitrogens is 3. The molecule has 0 fully saturated rings. The first kappa shape index (κ1) is 8.73. The number of hydrogen-bond acceptors (Lipinski definition) is 2. The monoisotopic (exact) mass is 179 g/mol. The fraction of sp³-hybridized carbons (Fsp3) is 0.800. The molecule has 0 bridgehead atoms. The maximum absolute atomic E-state index is 4.21. The van der Waals surface area contributed by atoms with Crippen molar-refractivity contribution in [3.8, 4) is 0 Å². The van der Waals surface area contributed by atoms with Gasteiger partial charge in [0, 0.05) is 5.41 Å². The van der Waals surface area contributed by atoms with Crippen molar-refractivity contribution in [2.45, 2.75) is 51.4 Å². The van der Waals surface area contributed by atoms with Crippen molar-refractivity contribution in [1.82, 2.24) is 15.4 Å². The number of aryl methyl sites for hydroxylation is 1. The number of fused-ring (bicyclic) bond motifs is 1. The third-order valence-electron chi connectivity index (χ3n) is 2.99. The summed E-state index contributed by atoms with van der Waals surface area (Å²) < 4.78 is 0. The van der Waals surface area contributed by atoms with Crippen LogP contribution >= 0.6 is 0 Å². The molecule has 3 nitrogen and oxygen atoms in total. The van der Waals surface area contributed by atoms with Crippen LogP contribution in [0, 0.1) is 0 Å². The third kappa shape index (κ3) is 1.60. The van der Waals surface area contributed by atoms with E-state index in [0.29, 0.717) is 0 Å². The normalized spacial score (nSPS) is 21.7. The molecule has 0 aromatic carbocycles. The molecule has 0 aliphatic heterocycles. The molecule has 1 heterocycles. The zero-order chi connectivity index (χ0) is 9.31. The molecule has 2 rings (SSSR count). The molecule has 0 unspecified atom stereocenters. The Bertz CT molecular complexity index is 288. The van der Waals surface area contributed by atoms with Crippen molar-refractivity contribution in [2.24, 2.45) is 0 Å². The summed E-state index contributed by atoms with van der Waals surface area (Å²) in [4.78, 5) is 0. The number of H-pyrrole nitrogens is 1. The maximum atomic E-state index is 4.21. The van der Waals surface area contributed by atoms with E-state index in [1.807, 2.05) is 0 Å². The highest BCUT2D eigenvalue weighted by Gasteiger charge is 2.27. The summed E-state index contributed by atoms with van der Waals surface area (Å²) in [5.74, 6) is 0. The number of nitrogens with zero attached hydrogens (tertiary/aromatic N) is 2. The Morgan fingerprint density at radius 1 is 1.23 bits per heavy atom. The summed E-state index contributed by atoms with van der Waals surface area (Å²) in [5, 5.41) is 11.1. The fourth-order valence-electron chi connectivity index (χ4n) is 2.13. The van der Waals surface area contributed by atoms with E-state index in [1.54, 1.807) is 0 Å². The summed E-state index contributed by atoms with van der Waals surface area (Å²) in [6.07, 6.45) is 6.27. The van der Waals surface area contributed by atoms with Gasteiger partial charge in [-0.2, -0.15) is 0 Å². The van der Waals surface area contributed by atoms with E-state index in [1.165, 1.54) is 37.1 Å². The first-order valence-electron chi connectivity index (χ1n) is 5.10. The SMILES string of the molecule is CC1(C)CCCCCc2[nH]nnc21. The zero-order valence-corrected chi connectivity index (χ0v) is 8.43. The van der Waals surface area contributed by atoms with Gasteiger partial charge in [-0.15, -0.1) is 5.10 Å². The van der Waals surface area contributed by atoms with Crippen LogP contribution in [-0.2, 0) is 11.8 Å². The second-order valence-electron chi connectivity index (χ2n) is 4.58. The summed E-state index contributed by atoms with van der Waals surface area (Å²) >= 11 is 0. The van der Waals surface area contributed by atoms with Gasteiger partial charge in [-0.05, 0) is 19.3 Å². The van der Waals surface area contributed by atoms with Crippen LogP contribution in [0.4, 0.5) is 0 Å². The van der Waals surface area contributed by atoms with Gasteiger partial charge >= 0.3 is 0 Å². The first-order valence-corrected chi connectivity index (χ1v) is 5.10. The lowest BCUT2D eigenvalue weighted by molar-refractivity contribution is 0.419. The van der Waals surface area contributed by atoms with E-state index < -0.39 is 0 Å². The molecule has 1 aromatic heterocycles. The van der Waals surface area contributed by atoms with Gasteiger partial charge in [0.05, 0.1) is 11.4 Å². The fourth-order valence-corrected chi connectivity index (χ4v) is 2.13. The molecule has 13 heavy (non-hydrogen) atoms. The molecule has 0 amide bonds. The lowest BCUT2D eigenvalue weighted by atomic mass is 9.80. The molecule has 0 atom stereocenters. The highest BCUT2D eigenvalue weighted by Crippen LogP contribution is 2.31. The summed E-state index contributed by atoms with van der Waals surface area (Å²) in [6, 6.07) is 0. The standard InChI is InChI=1S/C10H17N3/c1-10(2)7-5-3-4-6-8-9(10)12-13-11-8/h3-7H2,1-2H3,(H,11,12,13). The molecule has 0 spiro atoms. The largest absolute Gasteiger partial charge is 0.262 e. The van der Waals surface area contributed by atoms with Gasteiger partial charge in [-0.1, -0.05) is 31.9 Å². The van der Waals surface area contributed by atoms with Crippen molar-refractivity contribution in [2.75, 3.05) is 0 Å². The van der Waals surface area contributed by atoms with Crippen LogP contribution in [0.3, 0.4) is 0 Å². The van der Waals surface area contributed by atoms with Gasteiger partial charge < -0.3 is 0 Å². The van der Waals surface area contributed by atoms with E-state index in [2.05, 4.69) is 29.3 Å². The molecule has 0 radical (unpaired) electrons. The summed E-state index contributed by atoms with van der Waals surface area (Å²) in [5.41, 5.74) is 2.65. The Morgan fingerprint density at radius 2 is 2.08 bits per heavy atom. The van der Waals surface area contributed by atoms with Crippen molar-refractivity contribution in [3.63, 3.8) is 0 Å². The first-order chi connectivity index (χ1) is 6.20. The topological polar surface area (TPSA) is 41.6 Å². The van der Waals surface area contributed by atoms with Crippen LogP contribution in [0.25, 0.3) is 0 Å². The summed E-state index contributed by atoms with van der Waals surface area (Å²) in [7, 11) is 0.